The molecule has 0 radical (unpaired) electrons. The molecule has 0 heterocycles. The normalized spacial score (nSPS) is 7.83. The van der Waals surface area contributed by atoms with Gasteiger partial charge < -0.3 is 0 Å². The van der Waals surface area contributed by atoms with Gasteiger partial charge in [0.05, 0.1) is 0 Å². The molecule has 34 valence electrons. The fourth-order valence-electron chi connectivity index (χ4n) is 0.136. The largest absolute Gasteiger partial charge is 0.234 e. The lowest BCUT2D eigenvalue weighted by Gasteiger charge is -1.82. The molecule has 0 aliphatic rings. The van der Waals surface area contributed by atoms with Crippen LogP contribution in [-0.4, -0.2) is 5.94 Å². The third kappa shape index (κ3) is 3.45. The molecule has 0 rings (SSSR count). The van der Waals surface area contributed by atoms with Crippen molar-refractivity contribution in [2.45, 2.75) is 13.8 Å². The second-order valence-corrected chi connectivity index (χ2v) is 1.53. The highest BCUT2D eigenvalue weighted by Crippen LogP contribution is 1.86. The Balaban J connectivity index is 3.29. The Bertz CT molecular complexity index is 68.0. The van der Waals surface area contributed by atoms with E-state index in [0.717, 1.165) is 0 Å². The average molecular weight is 84.1 g/mol. The van der Waals surface area contributed by atoms with Crippen molar-refractivity contribution in [3.8, 4) is 0 Å². The molecule has 0 atom stereocenters. The number of allylic oxidation sites excluding steroid dienone is 1. The van der Waals surface area contributed by atoms with E-state index in [9.17, 15) is 4.79 Å². The van der Waals surface area contributed by atoms with Crippen molar-refractivity contribution in [3.63, 3.8) is 0 Å². The first-order valence-corrected chi connectivity index (χ1v) is 1.98. The van der Waals surface area contributed by atoms with Crippen LogP contribution in [0.5, 0.6) is 0 Å². The zero-order valence-corrected chi connectivity index (χ0v) is 4.06. The van der Waals surface area contributed by atoms with E-state index >= 15 is 0 Å². The van der Waals surface area contributed by atoms with Crippen LogP contribution in [0.25, 0.3) is 0 Å². The molecule has 1 nitrogen and oxygen atoms in total. The maximum atomic E-state index is 9.43. The SMILES string of the molecule is CC(C)C=C=O. The minimum atomic E-state index is 0.350. The summed E-state index contributed by atoms with van der Waals surface area (Å²) < 4.78 is 0. The number of hydrogen-bond donors (Lipinski definition) is 0. The van der Waals surface area contributed by atoms with Crippen molar-refractivity contribution in [3.05, 3.63) is 6.08 Å². The van der Waals surface area contributed by atoms with Gasteiger partial charge in [-0.3, -0.25) is 0 Å². The van der Waals surface area contributed by atoms with Gasteiger partial charge in [-0.05, 0) is 5.92 Å². The van der Waals surface area contributed by atoms with Crippen LogP contribution in [0, 0.1) is 5.92 Å². The van der Waals surface area contributed by atoms with Crippen LogP contribution in [0.1, 0.15) is 13.8 Å². The Morgan fingerprint density at radius 1 is 1.67 bits per heavy atom. The lowest BCUT2D eigenvalue weighted by Crippen LogP contribution is -1.74. The highest BCUT2D eigenvalue weighted by molar-refractivity contribution is 5.45. The van der Waals surface area contributed by atoms with Gasteiger partial charge in [-0.1, -0.05) is 13.8 Å². The first-order chi connectivity index (χ1) is 2.77. The lowest BCUT2D eigenvalue weighted by atomic mass is 10.2. The van der Waals surface area contributed by atoms with Crippen molar-refractivity contribution in [1.29, 1.82) is 0 Å². The van der Waals surface area contributed by atoms with Gasteiger partial charge in [-0.2, -0.15) is 0 Å². The number of hydrogen-bond acceptors (Lipinski definition) is 1. The van der Waals surface area contributed by atoms with E-state index in [-0.39, 0.29) is 0 Å². The molecule has 0 fully saturated rings. The van der Waals surface area contributed by atoms with Gasteiger partial charge >= 0.3 is 0 Å². The molecule has 0 aromatic heterocycles. The average Bonchev–Trinajstić information content (AvgIpc) is 1.35. The van der Waals surface area contributed by atoms with Crippen molar-refractivity contribution in [1.82, 2.24) is 0 Å². The van der Waals surface area contributed by atoms with Crippen LogP contribution in [0.15, 0.2) is 6.08 Å². The van der Waals surface area contributed by atoms with Crippen molar-refractivity contribution in [2.24, 2.45) is 5.92 Å². The number of carbonyl (C=O) groups excluding carboxylic acids is 1. The van der Waals surface area contributed by atoms with E-state index in [0.29, 0.717) is 5.92 Å². The molecule has 0 saturated carbocycles. The second kappa shape index (κ2) is 2.67. The van der Waals surface area contributed by atoms with Gasteiger partial charge in [-0.15, -0.1) is 0 Å². The van der Waals surface area contributed by atoms with E-state index in [1.54, 1.807) is 5.94 Å². The fourth-order valence-corrected chi connectivity index (χ4v) is 0.136. The van der Waals surface area contributed by atoms with Crippen LogP contribution in [0.4, 0.5) is 0 Å². The van der Waals surface area contributed by atoms with Gasteiger partial charge in [0.1, 0.15) is 5.94 Å². The summed E-state index contributed by atoms with van der Waals surface area (Å²) in [4.78, 5) is 9.43. The van der Waals surface area contributed by atoms with Gasteiger partial charge in [0.2, 0.25) is 0 Å². The zero-order chi connectivity index (χ0) is 4.99. The summed E-state index contributed by atoms with van der Waals surface area (Å²) in [6.07, 6.45) is 1.49. The minimum absolute atomic E-state index is 0.350. The lowest BCUT2D eigenvalue weighted by molar-refractivity contribution is 0.566. The standard InChI is InChI=1S/C5H8O/c1-5(2)3-4-6/h3,5H,1-2H3. The van der Waals surface area contributed by atoms with Crippen molar-refractivity contribution in [2.75, 3.05) is 0 Å². The Hall–Kier alpha value is -0.550. The summed E-state index contributed by atoms with van der Waals surface area (Å²) in [5.74, 6) is 2.04. The summed E-state index contributed by atoms with van der Waals surface area (Å²) in [6, 6.07) is 0. The highest BCUT2D eigenvalue weighted by Gasteiger charge is 1.78. The first kappa shape index (κ1) is 5.45. The number of rotatable bonds is 1. The Labute approximate surface area is 37.7 Å². The molecule has 0 aliphatic heterocycles. The Morgan fingerprint density at radius 3 is 2.17 bits per heavy atom. The molecule has 0 amide bonds. The summed E-state index contributed by atoms with van der Waals surface area (Å²) in [7, 11) is 0. The maximum absolute atomic E-state index is 9.43. The quantitative estimate of drug-likeness (QED) is 0.434. The van der Waals surface area contributed by atoms with Gasteiger partial charge in [-0.25, -0.2) is 4.79 Å². The summed E-state index contributed by atoms with van der Waals surface area (Å²) in [5, 5.41) is 0. The summed E-state index contributed by atoms with van der Waals surface area (Å²) >= 11 is 0. The molecule has 0 spiro atoms. The van der Waals surface area contributed by atoms with Crippen LogP contribution >= 0.6 is 0 Å². The molecule has 1 heteroatoms. The van der Waals surface area contributed by atoms with E-state index in [4.69, 9.17) is 0 Å². The predicted molar refractivity (Wildman–Crippen MR) is 25.1 cm³/mol. The molecule has 0 aromatic rings. The molecule has 0 aromatic carbocycles. The topological polar surface area (TPSA) is 17.1 Å². The smallest absolute Gasteiger partial charge is 0.120 e. The highest BCUT2D eigenvalue weighted by atomic mass is 16.1. The van der Waals surface area contributed by atoms with E-state index in [1.807, 2.05) is 13.8 Å². The fraction of sp³-hybridized carbons (Fsp3) is 0.600. The molecule has 6 heavy (non-hydrogen) atoms. The van der Waals surface area contributed by atoms with Crippen LogP contribution in [0.3, 0.4) is 0 Å². The van der Waals surface area contributed by atoms with Gasteiger partial charge in [0.15, 0.2) is 0 Å². The summed E-state index contributed by atoms with van der Waals surface area (Å²) in [5.41, 5.74) is 0. The van der Waals surface area contributed by atoms with Crippen LogP contribution in [-0.2, 0) is 4.79 Å². The Kier molecular flexibility index (Phi) is 2.43. The van der Waals surface area contributed by atoms with Gasteiger partial charge in [0.25, 0.3) is 0 Å². The van der Waals surface area contributed by atoms with E-state index < -0.39 is 0 Å². The molecule has 0 aliphatic carbocycles. The summed E-state index contributed by atoms with van der Waals surface area (Å²) in [6.45, 7) is 3.87. The van der Waals surface area contributed by atoms with Crippen LogP contribution < -0.4 is 0 Å². The van der Waals surface area contributed by atoms with E-state index in [1.165, 1.54) is 6.08 Å². The van der Waals surface area contributed by atoms with Crippen molar-refractivity contribution < 1.29 is 4.79 Å². The maximum Gasteiger partial charge on any atom is 0.120 e. The molecule has 0 unspecified atom stereocenters. The third-order valence-electron chi connectivity index (χ3n) is 0.401. The monoisotopic (exact) mass is 84.1 g/mol. The molecular formula is C5H8O. The minimum Gasteiger partial charge on any atom is -0.234 e. The van der Waals surface area contributed by atoms with Crippen molar-refractivity contribution >= 4 is 5.94 Å². The van der Waals surface area contributed by atoms with E-state index in [2.05, 4.69) is 0 Å². The molecule has 0 bridgehead atoms. The van der Waals surface area contributed by atoms with Crippen LogP contribution in [0.2, 0.25) is 0 Å². The predicted octanol–water partition coefficient (Wildman–Crippen LogP) is 1.03. The van der Waals surface area contributed by atoms with Gasteiger partial charge in [0, 0.05) is 6.08 Å². The molecule has 0 N–H and O–H groups in total. The zero-order valence-electron chi connectivity index (χ0n) is 4.06. The second-order valence-electron chi connectivity index (χ2n) is 1.53. The first-order valence-electron chi connectivity index (χ1n) is 1.98. The molecule has 0 saturated heterocycles. The Morgan fingerprint density at radius 2 is 2.17 bits per heavy atom. The third-order valence-corrected chi connectivity index (χ3v) is 0.401. The molecular weight excluding hydrogens is 76.1 g/mol.